The topological polar surface area (TPSA) is 76.1 Å². The third-order valence-corrected chi connectivity index (χ3v) is 5.69. The molecule has 146 valence electrons. The maximum absolute atomic E-state index is 5.94. The molecule has 0 saturated carbocycles. The molecule has 1 aromatic carbocycles. The summed E-state index contributed by atoms with van der Waals surface area (Å²) in [5, 5.41) is 6.17. The number of fused-ring (bicyclic) bond motifs is 1. The van der Waals surface area contributed by atoms with Crippen LogP contribution in [0.15, 0.2) is 54.3 Å². The monoisotopic (exact) mass is 404 g/mol. The van der Waals surface area contributed by atoms with Gasteiger partial charge in [-0.1, -0.05) is 0 Å². The molecule has 1 saturated heterocycles. The summed E-state index contributed by atoms with van der Waals surface area (Å²) in [6.07, 6.45) is 7.07. The molecule has 0 amide bonds. The molecule has 0 unspecified atom stereocenters. The molecule has 3 aromatic heterocycles. The number of hydrogen-bond acceptors (Lipinski definition) is 8. The molecule has 7 nitrogen and oxygen atoms in total. The number of nitrogens with one attached hydrogen (secondary N) is 1. The van der Waals surface area contributed by atoms with Gasteiger partial charge in [-0.15, -0.1) is 11.3 Å². The average molecular weight is 404 g/mol. The number of ether oxygens (including phenoxy) is 1. The maximum Gasteiger partial charge on any atom is 0.231 e. The van der Waals surface area contributed by atoms with Crippen molar-refractivity contribution in [2.45, 2.75) is 19.3 Å². The highest BCUT2D eigenvalue weighted by atomic mass is 32.1. The minimum atomic E-state index is 0.564. The number of rotatable bonds is 5. The number of piperidine rings is 1. The smallest absolute Gasteiger partial charge is 0.231 e. The maximum atomic E-state index is 5.94. The zero-order valence-electron chi connectivity index (χ0n) is 15.8. The zero-order valence-corrected chi connectivity index (χ0v) is 16.6. The summed E-state index contributed by atoms with van der Waals surface area (Å²) in [7, 11) is 0. The molecule has 1 N–H and O–H groups in total. The third kappa shape index (κ3) is 3.97. The van der Waals surface area contributed by atoms with Crippen LogP contribution in [0.1, 0.15) is 19.3 Å². The van der Waals surface area contributed by atoms with Gasteiger partial charge < -0.3 is 15.0 Å². The molecule has 0 spiro atoms. The first-order valence-corrected chi connectivity index (χ1v) is 10.5. The zero-order chi connectivity index (χ0) is 19.5. The van der Waals surface area contributed by atoms with E-state index in [1.807, 2.05) is 41.8 Å². The van der Waals surface area contributed by atoms with Gasteiger partial charge in [0, 0.05) is 25.0 Å². The van der Waals surface area contributed by atoms with E-state index >= 15 is 0 Å². The summed E-state index contributed by atoms with van der Waals surface area (Å²) in [6, 6.07) is 11.6. The van der Waals surface area contributed by atoms with Crippen LogP contribution < -0.4 is 15.0 Å². The number of thiophene rings is 1. The minimum absolute atomic E-state index is 0.564. The predicted octanol–water partition coefficient (Wildman–Crippen LogP) is 5.01. The van der Waals surface area contributed by atoms with Crippen molar-refractivity contribution in [1.29, 1.82) is 0 Å². The van der Waals surface area contributed by atoms with Gasteiger partial charge in [-0.05, 0) is 61.0 Å². The molecule has 0 radical (unpaired) electrons. The van der Waals surface area contributed by atoms with Gasteiger partial charge >= 0.3 is 0 Å². The second kappa shape index (κ2) is 8.00. The summed E-state index contributed by atoms with van der Waals surface area (Å²) in [6.45, 7) is 2.12. The van der Waals surface area contributed by atoms with E-state index in [1.54, 1.807) is 17.5 Å². The Morgan fingerprint density at radius 2 is 1.79 bits per heavy atom. The molecule has 1 fully saturated rings. The van der Waals surface area contributed by atoms with Gasteiger partial charge in [-0.3, -0.25) is 0 Å². The minimum Gasteiger partial charge on any atom is -0.438 e. The third-order valence-electron chi connectivity index (χ3n) is 4.87. The van der Waals surface area contributed by atoms with Gasteiger partial charge in [0.1, 0.15) is 22.7 Å². The Morgan fingerprint density at radius 1 is 0.931 bits per heavy atom. The van der Waals surface area contributed by atoms with Gasteiger partial charge in [0.25, 0.3) is 0 Å². The van der Waals surface area contributed by atoms with Gasteiger partial charge in [0.15, 0.2) is 0 Å². The first-order valence-electron chi connectivity index (χ1n) is 9.66. The molecule has 0 aliphatic carbocycles. The van der Waals surface area contributed by atoms with Crippen LogP contribution >= 0.6 is 11.3 Å². The standard InChI is InChI=1S/C21H20N6OS/c1-2-11-27(12-3-1)18-8-10-22-21(26-18)25-15-4-6-16(7-5-15)28-19-17-9-13-29-20(17)24-14-23-19/h4-10,13-14H,1-3,11-12H2,(H,22,25,26). The number of aromatic nitrogens is 4. The second-order valence-corrected chi connectivity index (χ2v) is 7.75. The van der Waals surface area contributed by atoms with Crippen molar-refractivity contribution in [3.05, 3.63) is 54.3 Å². The van der Waals surface area contributed by atoms with Crippen molar-refractivity contribution < 1.29 is 4.74 Å². The Morgan fingerprint density at radius 3 is 2.66 bits per heavy atom. The quantitative estimate of drug-likeness (QED) is 0.501. The molecule has 29 heavy (non-hydrogen) atoms. The van der Waals surface area contributed by atoms with E-state index in [-0.39, 0.29) is 0 Å². The molecule has 8 heteroatoms. The van der Waals surface area contributed by atoms with Gasteiger partial charge in [-0.25, -0.2) is 15.0 Å². The molecule has 1 aliphatic heterocycles. The van der Waals surface area contributed by atoms with Crippen LogP contribution in [0.2, 0.25) is 0 Å². The SMILES string of the molecule is c1cc(N2CCCCC2)nc(Nc2ccc(Oc3ncnc4sccc34)cc2)n1. The van der Waals surface area contributed by atoms with Crippen molar-refractivity contribution in [1.82, 2.24) is 19.9 Å². The molecule has 1 aliphatic rings. The number of anilines is 3. The van der Waals surface area contributed by atoms with E-state index in [0.29, 0.717) is 17.6 Å². The Kier molecular flexibility index (Phi) is 4.92. The summed E-state index contributed by atoms with van der Waals surface area (Å²) in [5.74, 6) is 2.85. The predicted molar refractivity (Wildman–Crippen MR) is 115 cm³/mol. The van der Waals surface area contributed by atoms with E-state index in [0.717, 1.165) is 34.8 Å². The van der Waals surface area contributed by atoms with Crippen LogP contribution in [0.5, 0.6) is 11.6 Å². The Hall–Kier alpha value is -3.26. The van der Waals surface area contributed by atoms with Crippen LogP contribution in [-0.4, -0.2) is 33.0 Å². The first-order chi connectivity index (χ1) is 14.3. The van der Waals surface area contributed by atoms with Crippen molar-refractivity contribution >= 4 is 39.0 Å². The highest BCUT2D eigenvalue weighted by Crippen LogP contribution is 2.30. The molecule has 5 rings (SSSR count). The van der Waals surface area contributed by atoms with E-state index in [1.165, 1.54) is 25.6 Å². The molecule has 4 heterocycles. The summed E-state index contributed by atoms with van der Waals surface area (Å²) in [5.41, 5.74) is 0.900. The Bertz CT molecular complexity index is 1110. The normalized spacial score (nSPS) is 14.1. The van der Waals surface area contributed by atoms with Crippen LogP contribution in [-0.2, 0) is 0 Å². The largest absolute Gasteiger partial charge is 0.438 e. The lowest BCUT2D eigenvalue weighted by molar-refractivity contribution is 0.468. The van der Waals surface area contributed by atoms with Gasteiger partial charge in [0.05, 0.1) is 5.39 Å². The molecular formula is C21H20N6OS. The van der Waals surface area contributed by atoms with E-state index in [9.17, 15) is 0 Å². The van der Waals surface area contributed by atoms with Crippen LogP contribution in [0.4, 0.5) is 17.5 Å². The van der Waals surface area contributed by atoms with Crippen LogP contribution in [0.3, 0.4) is 0 Å². The second-order valence-electron chi connectivity index (χ2n) is 6.86. The van der Waals surface area contributed by atoms with Gasteiger partial charge in [-0.2, -0.15) is 4.98 Å². The molecule has 0 atom stereocenters. The summed E-state index contributed by atoms with van der Waals surface area (Å²) < 4.78 is 5.94. The number of benzene rings is 1. The first kappa shape index (κ1) is 17.8. The fourth-order valence-corrected chi connectivity index (χ4v) is 4.13. The highest BCUT2D eigenvalue weighted by molar-refractivity contribution is 7.16. The molecule has 0 bridgehead atoms. The lowest BCUT2D eigenvalue weighted by atomic mass is 10.1. The molecular weight excluding hydrogens is 384 g/mol. The highest BCUT2D eigenvalue weighted by Gasteiger charge is 2.13. The van der Waals surface area contributed by atoms with Gasteiger partial charge in [0.2, 0.25) is 11.8 Å². The van der Waals surface area contributed by atoms with E-state index < -0.39 is 0 Å². The van der Waals surface area contributed by atoms with E-state index in [4.69, 9.17) is 4.74 Å². The Labute approximate surface area is 172 Å². The van der Waals surface area contributed by atoms with Crippen molar-refractivity contribution in [3.63, 3.8) is 0 Å². The summed E-state index contributed by atoms with van der Waals surface area (Å²) in [4.78, 5) is 20.8. The lowest BCUT2D eigenvalue weighted by Crippen LogP contribution is -2.30. The Balaban J connectivity index is 1.29. The average Bonchev–Trinajstić information content (AvgIpc) is 3.26. The van der Waals surface area contributed by atoms with E-state index in [2.05, 4.69) is 30.2 Å². The fraction of sp³-hybridized carbons (Fsp3) is 0.238. The van der Waals surface area contributed by atoms with Crippen molar-refractivity contribution in [3.8, 4) is 11.6 Å². The van der Waals surface area contributed by atoms with Crippen molar-refractivity contribution in [2.75, 3.05) is 23.3 Å². The van der Waals surface area contributed by atoms with Crippen molar-refractivity contribution in [2.24, 2.45) is 0 Å². The van der Waals surface area contributed by atoms with Crippen LogP contribution in [0.25, 0.3) is 10.2 Å². The fourth-order valence-electron chi connectivity index (χ4n) is 3.40. The summed E-state index contributed by atoms with van der Waals surface area (Å²) >= 11 is 1.57. The van der Waals surface area contributed by atoms with Crippen LogP contribution in [0, 0.1) is 0 Å². The molecule has 4 aromatic rings. The number of nitrogens with zero attached hydrogens (tertiary/aromatic N) is 5. The number of hydrogen-bond donors (Lipinski definition) is 1. The lowest BCUT2D eigenvalue weighted by Gasteiger charge is -2.27.